The molecule has 88 valence electrons. The molecule has 0 fully saturated rings. The third-order valence-electron chi connectivity index (χ3n) is 1.86. The van der Waals surface area contributed by atoms with Crippen LogP contribution < -0.4 is 56.1 Å². The van der Waals surface area contributed by atoms with Crippen molar-refractivity contribution in [2.24, 2.45) is 0 Å². The molecule has 1 aromatic rings. The summed E-state index contributed by atoms with van der Waals surface area (Å²) in [5, 5.41) is 10.5. The van der Waals surface area contributed by atoms with Crippen LogP contribution in [0.5, 0.6) is 5.75 Å². The first-order valence-electron chi connectivity index (χ1n) is 4.35. The van der Waals surface area contributed by atoms with Crippen LogP contribution >= 0.6 is 0 Å². The van der Waals surface area contributed by atoms with Gasteiger partial charge < -0.3 is 17.7 Å². The van der Waals surface area contributed by atoms with Crippen molar-refractivity contribution in [1.82, 2.24) is 0 Å². The van der Waals surface area contributed by atoms with E-state index in [1.54, 1.807) is 0 Å². The smallest absolute Gasteiger partial charge is 0.496 e. The summed E-state index contributed by atoms with van der Waals surface area (Å²) in [5.41, 5.74) is -0.576. The summed E-state index contributed by atoms with van der Waals surface area (Å²) in [6, 6.07) is 3.12. The Kier molecular flexibility index (Phi) is 6.70. The number of halogens is 3. The van der Waals surface area contributed by atoms with Crippen LogP contribution in [0.4, 0.5) is 18.6 Å². The minimum atomic E-state index is -5.02. The molecule has 0 bridgehead atoms. The number of ether oxygens (including phenoxy) is 1. The molecule has 4 nitrogen and oxygen atoms in total. The quantitative estimate of drug-likeness (QED) is 0.423. The van der Waals surface area contributed by atoms with Crippen molar-refractivity contribution in [3.63, 3.8) is 0 Å². The first kappa shape index (κ1) is 16.9. The van der Waals surface area contributed by atoms with Crippen LogP contribution in [0.25, 0.3) is 0 Å². The van der Waals surface area contributed by atoms with E-state index in [1.165, 1.54) is 7.11 Å². The minimum Gasteiger partial charge on any atom is -0.496 e. The Bertz CT molecular complexity index is 413. The van der Waals surface area contributed by atoms with Gasteiger partial charge >= 0.3 is 58.4 Å². The molecular formula is C8H8BF3KNO3. The van der Waals surface area contributed by atoms with Crippen LogP contribution in [0.1, 0.15) is 5.56 Å². The number of benzene rings is 1. The minimum absolute atomic E-state index is 0. The predicted molar refractivity (Wildman–Crippen MR) is 52.4 cm³/mol. The van der Waals surface area contributed by atoms with Gasteiger partial charge in [0.1, 0.15) is 5.75 Å². The SMILES string of the molecule is COc1cc(C[B-](F)(F)F)cc([N+](=O)[O-])c1.[K+]. The molecule has 0 radical (unpaired) electrons. The average Bonchev–Trinajstić information content (AvgIpc) is 2.14. The van der Waals surface area contributed by atoms with Gasteiger partial charge in [0, 0.05) is 6.07 Å². The van der Waals surface area contributed by atoms with Gasteiger partial charge in [0.05, 0.1) is 18.1 Å². The monoisotopic (exact) mass is 273 g/mol. The van der Waals surface area contributed by atoms with Crippen molar-refractivity contribution in [3.05, 3.63) is 33.9 Å². The maximum absolute atomic E-state index is 12.2. The van der Waals surface area contributed by atoms with Gasteiger partial charge in [-0.25, -0.2) is 0 Å². The van der Waals surface area contributed by atoms with Crippen molar-refractivity contribution < 1.29 is 74.0 Å². The molecule has 0 aliphatic heterocycles. The Balaban J connectivity index is 0.00000256. The Labute approximate surface area is 138 Å². The Morgan fingerprint density at radius 2 is 1.94 bits per heavy atom. The summed E-state index contributed by atoms with van der Waals surface area (Å²) in [4.78, 5) is 9.71. The second kappa shape index (κ2) is 6.74. The molecule has 0 unspecified atom stereocenters. The van der Waals surface area contributed by atoms with Gasteiger partial charge in [0.2, 0.25) is 0 Å². The van der Waals surface area contributed by atoms with E-state index in [1.807, 2.05) is 0 Å². The maximum atomic E-state index is 12.2. The third-order valence-corrected chi connectivity index (χ3v) is 1.86. The molecule has 0 atom stereocenters. The van der Waals surface area contributed by atoms with Gasteiger partial charge in [-0.05, 0) is 6.07 Å². The molecule has 0 aliphatic carbocycles. The van der Waals surface area contributed by atoms with Gasteiger partial charge in [0.15, 0.2) is 0 Å². The Hall–Kier alpha value is -0.0887. The van der Waals surface area contributed by atoms with Gasteiger partial charge in [-0.3, -0.25) is 10.1 Å². The summed E-state index contributed by atoms with van der Waals surface area (Å²) in [7, 11) is 1.24. The summed E-state index contributed by atoms with van der Waals surface area (Å²) in [5.74, 6) is 0.0456. The standard InChI is InChI=1S/C8H8BF3NO3.K/c1-16-8-3-6(5-9(10,11)12)2-7(4-8)13(14)15;/h2-4H,5H2,1H3;/q-1;+1. The molecule has 9 heteroatoms. The predicted octanol–water partition coefficient (Wildman–Crippen LogP) is -0.464. The van der Waals surface area contributed by atoms with E-state index >= 15 is 0 Å². The number of rotatable bonds is 4. The normalized spacial score (nSPS) is 10.6. The number of hydrogen-bond acceptors (Lipinski definition) is 3. The van der Waals surface area contributed by atoms with Crippen LogP contribution in [0, 0.1) is 10.1 Å². The fraction of sp³-hybridized carbons (Fsp3) is 0.250. The van der Waals surface area contributed by atoms with Crippen LogP contribution in [0.3, 0.4) is 0 Å². The summed E-state index contributed by atoms with van der Waals surface area (Å²) in [6.07, 6.45) is -1.15. The van der Waals surface area contributed by atoms with Crippen molar-refractivity contribution in [2.75, 3.05) is 7.11 Å². The van der Waals surface area contributed by atoms with E-state index in [-0.39, 0.29) is 62.7 Å². The third kappa shape index (κ3) is 5.87. The van der Waals surface area contributed by atoms with Gasteiger partial charge in [-0.15, -0.1) is 0 Å². The van der Waals surface area contributed by atoms with Gasteiger partial charge in [0.25, 0.3) is 5.69 Å². The number of hydrogen-bond donors (Lipinski definition) is 0. The fourth-order valence-electron chi connectivity index (χ4n) is 1.25. The average molecular weight is 273 g/mol. The van der Waals surface area contributed by atoms with E-state index in [0.29, 0.717) is 0 Å². The molecule has 1 aromatic carbocycles. The molecule has 0 amide bonds. The van der Waals surface area contributed by atoms with Gasteiger partial charge in [-0.1, -0.05) is 11.9 Å². The van der Waals surface area contributed by atoms with E-state index in [4.69, 9.17) is 4.74 Å². The van der Waals surface area contributed by atoms with Gasteiger partial charge in [-0.2, -0.15) is 0 Å². The number of methoxy groups -OCH3 is 1. The summed E-state index contributed by atoms with van der Waals surface area (Å²) >= 11 is 0. The first-order valence-corrected chi connectivity index (χ1v) is 4.35. The Morgan fingerprint density at radius 3 is 2.35 bits per heavy atom. The largest absolute Gasteiger partial charge is 1.00 e. The maximum Gasteiger partial charge on any atom is 1.00 e. The van der Waals surface area contributed by atoms with E-state index < -0.39 is 23.9 Å². The molecule has 17 heavy (non-hydrogen) atoms. The zero-order valence-electron chi connectivity index (χ0n) is 9.32. The number of nitro groups is 1. The van der Waals surface area contributed by atoms with Crippen LogP contribution in [-0.2, 0) is 6.32 Å². The topological polar surface area (TPSA) is 52.4 Å². The van der Waals surface area contributed by atoms with Crippen molar-refractivity contribution in [2.45, 2.75) is 6.32 Å². The number of nitrogens with zero attached hydrogens (tertiary/aromatic N) is 1. The fourth-order valence-corrected chi connectivity index (χ4v) is 1.25. The number of nitro benzene ring substituents is 1. The zero-order chi connectivity index (χ0) is 12.3. The van der Waals surface area contributed by atoms with Crippen molar-refractivity contribution in [1.29, 1.82) is 0 Å². The molecule has 0 saturated heterocycles. The second-order valence-corrected chi connectivity index (χ2v) is 3.21. The Morgan fingerprint density at radius 1 is 1.35 bits per heavy atom. The van der Waals surface area contributed by atoms with Crippen LogP contribution in [0.15, 0.2) is 18.2 Å². The summed E-state index contributed by atoms with van der Waals surface area (Å²) < 4.78 is 41.2. The zero-order valence-corrected chi connectivity index (χ0v) is 12.4. The van der Waals surface area contributed by atoms with Crippen LogP contribution in [0.2, 0.25) is 0 Å². The number of non-ortho nitro benzene ring substituents is 1. The van der Waals surface area contributed by atoms with E-state index in [9.17, 15) is 23.1 Å². The molecule has 0 spiro atoms. The van der Waals surface area contributed by atoms with Crippen molar-refractivity contribution in [3.8, 4) is 5.75 Å². The molecular weight excluding hydrogens is 265 g/mol. The van der Waals surface area contributed by atoms with Crippen LogP contribution in [-0.4, -0.2) is 19.0 Å². The molecule has 1 rings (SSSR count). The van der Waals surface area contributed by atoms with E-state index in [2.05, 4.69) is 0 Å². The molecule has 0 saturated carbocycles. The molecule has 0 aromatic heterocycles. The first-order chi connectivity index (χ1) is 7.31. The molecule has 0 heterocycles. The second-order valence-electron chi connectivity index (χ2n) is 3.21. The van der Waals surface area contributed by atoms with E-state index in [0.717, 1.165) is 18.2 Å². The molecule has 0 aliphatic rings. The van der Waals surface area contributed by atoms with Crippen molar-refractivity contribution >= 4 is 12.7 Å². The summed E-state index contributed by atoms with van der Waals surface area (Å²) in [6.45, 7) is -5.02. The molecule has 0 N–H and O–H groups in total.